The van der Waals surface area contributed by atoms with Gasteiger partial charge in [0.15, 0.2) is 6.10 Å². The average Bonchev–Trinajstić information content (AvgIpc) is 3.47. The number of unbranched alkanes of at least 4 members (excludes halogenated alkanes) is 30. The smallest absolute Gasteiger partial charge is 0.306 e. The summed E-state index contributed by atoms with van der Waals surface area (Å²) in [6, 6.07) is 0. The molecule has 0 fully saturated rings. The van der Waals surface area contributed by atoms with Crippen LogP contribution in [0.25, 0.3) is 0 Å². The highest BCUT2D eigenvalue weighted by molar-refractivity contribution is 5.71. The van der Waals surface area contributed by atoms with Gasteiger partial charge in [-0.3, -0.25) is 14.4 Å². The second kappa shape index (κ2) is 68.3. The maximum absolute atomic E-state index is 12.9. The molecule has 6 nitrogen and oxygen atoms in total. The first-order chi connectivity index (χ1) is 40.0. The summed E-state index contributed by atoms with van der Waals surface area (Å²) in [7, 11) is 0. The molecule has 0 rings (SSSR count). The molecule has 0 aromatic carbocycles. The van der Waals surface area contributed by atoms with E-state index in [1.165, 1.54) is 148 Å². The quantitative estimate of drug-likeness (QED) is 0.0261. The molecular weight excluding hydrogens is 997 g/mol. The fourth-order valence-corrected chi connectivity index (χ4v) is 9.37. The summed E-state index contributed by atoms with van der Waals surface area (Å²) in [5.41, 5.74) is 0. The third-order valence-electron chi connectivity index (χ3n) is 14.5. The van der Waals surface area contributed by atoms with Crippen LogP contribution in [0.15, 0.2) is 122 Å². The second-order valence-electron chi connectivity index (χ2n) is 22.4. The van der Waals surface area contributed by atoms with Gasteiger partial charge in [-0.2, -0.15) is 0 Å². The van der Waals surface area contributed by atoms with Gasteiger partial charge in [0.05, 0.1) is 0 Å². The summed E-state index contributed by atoms with van der Waals surface area (Å²) in [6.45, 7) is 6.47. The summed E-state index contributed by atoms with van der Waals surface area (Å²) in [4.78, 5) is 38.1. The number of carbonyl (C=O) groups excluding carboxylic acids is 3. The highest BCUT2D eigenvalue weighted by atomic mass is 16.6. The van der Waals surface area contributed by atoms with Crippen molar-refractivity contribution >= 4 is 17.9 Å². The fourth-order valence-electron chi connectivity index (χ4n) is 9.37. The Morgan fingerprint density at radius 3 is 0.753 bits per heavy atom. The summed E-state index contributed by atoms with van der Waals surface area (Å²) in [5.74, 6) is -0.912. The molecule has 0 aliphatic heterocycles. The maximum Gasteiger partial charge on any atom is 0.306 e. The molecule has 0 N–H and O–H groups in total. The van der Waals surface area contributed by atoms with Crippen LogP contribution < -0.4 is 0 Å². The van der Waals surface area contributed by atoms with Gasteiger partial charge in [-0.25, -0.2) is 0 Å². The van der Waals surface area contributed by atoms with Crippen LogP contribution in [-0.4, -0.2) is 37.2 Å². The first-order valence-corrected chi connectivity index (χ1v) is 34.0. The molecule has 0 heterocycles. The van der Waals surface area contributed by atoms with Crippen LogP contribution >= 0.6 is 0 Å². The molecular formula is C75H126O6. The van der Waals surface area contributed by atoms with E-state index in [-0.39, 0.29) is 31.1 Å². The van der Waals surface area contributed by atoms with E-state index in [1.54, 1.807) is 0 Å². The van der Waals surface area contributed by atoms with E-state index in [0.29, 0.717) is 19.3 Å². The van der Waals surface area contributed by atoms with Crippen LogP contribution in [-0.2, 0) is 28.6 Å². The molecule has 0 aliphatic rings. The number of carbonyl (C=O) groups is 3. The monoisotopic (exact) mass is 1120 g/mol. The first-order valence-electron chi connectivity index (χ1n) is 34.0. The van der Waals surface area contributed by atoms with Crippen LogP contribution in [0.5, 0.6) is 0 Å². The number of ether oxygens (including phenoxy) is 3. The Balaban J connectivity index is 4.18. The molecule has 0 radical (unpaired) electrons. The van der Waals surface area contributed by atoms with Crippen molar-refractivity contribution in [2.45, 2.75) is 322 Å². The van der Waals surface area contributed by atoms with E-state index >= 15 is 0 Å². The Morgan fingerprint density at radius 2 is 0.481 bits per heavy atom. The zero-order valence-electron chi connectivity index (χ0n) is 53.0. The van der Waals surface area contributed by atoms with Crippen LogP contribution in [0.1, 0.15) is 316 Å². The zero-order valence-corrected chi connectivity index (χ0v) is 53.0. The molecule has 0 saturated carbocycles. The van der Waals surface area contributed by atoms with E-state index in [4.69, 9.17) is 14.2 Å². The van der Waals surface area contributed by atoms with E-state index in [9.17, 15) is 14.4 Å². The van der Waals surface area contributed by atoms with Gasteiger partial charge in [-0.1, -0.05) is 303 Å². The molecule has 1 unspecified atom stereocenters. The Labute approximate surface area is 501 Å². The second-order valence-corrected chi connectivity index (χ2v) is 22.4. The van der Waals surface area contributed by atoms with Crippen molar-refractivity contribution in [1.82, 2.24) is 0 Å². The number of allylic oxidation sites excluding steroid dienone is 20. The minimum atomic E-state index is -0.789. The molecule has 0 aromatic heterocycles. The Morgan fingerprint density at radius 1 is 0.259 bits per heavy atom. The molecule has 0 bridgehead atoms. The largest absolute Gasteiger partial charge is 0.462 e. The van der Waals surface area contributed by atoms with E-state index < -0.39 is 6.10 Å². The lowest BCUT2D eigenvalue weighted by molar-refractivity contribution is -0.167. The molecule has 0 aliphatic carbocycles. The van der Waals surface area contributed by atoms with Gasteiger partial charge < -0.3 is 14.2 Å². The van der Waals surface area contributed by atoms with Crippen molar-refractivity contribution in [2.75, 3.05) is 13.2 Å². The van der Waals surface area contributed by atoms with Crippen molar-refractivity contribution in [3.63, 3.8) is 0 Å². The molecule has 0 saturated heterocycles. The van der Waals surface area contributed by atoms with Crippen LogP contribution in [0.3, 0.4) is 0 Å². The zero-order chi connectivity index (χ0) is 58.5. The highest BCUT2D eigenvalue weighted by Gasteiger charge is 2.19. The Hall–Kier alpha value is -4.19. The predicted molar refractivity (Wildman–Crippen MR) is 353 cm³/mol. The highest BCUT2D eigenvalue weighted by Crippen LogP contribution is 2.16. The van der Waals surface area contributed by atoms with Crippen LogP contribution in [0, 0.1) is 0 Å². The molecule has 81 heavy (non-hydrogen) atoms. The molecule has 0 spiro atoms. The molecule has 0 aromatic rings. The lowest BCUT2D eigenvalue weighted by Gasteiger charge is -2.18. The molecule has 462 valence electrons. The topological polar surface area (TPSA) is 78.9 Å². The summed E-state index contributed by atoms with van der Waals surface area (Å²) in [6.07, 6.45) is 95.3. The van der Waals surface area contributed by atoms with Crippen molar-refractivity contribution in [1.29, 1.82) is 0 Å². The Bertz CT molecular complexity index is 1670. The normalized spacial score (nSPS) is 12.9. The standard InChI is InChI=1S/C75H126O6/c1-4-7-10-13-16-18-20-22-24-26-28-30-32-34-36-37-39-40-42-44-46-48-50-52-54-56-59-62-65-68-74(77)80-71-72(70-79-73(76)67-64-61-58-15-12-9-6-3)81-75(78)69-66-63-60-57-55-53-51-49-47-45-43-41-38-35-33-31-29-27-25-23-21-19-17-14-11-8-5-2/h7,10,16,18,21-24,27-30,34,36,39-40,44,46,50,52,72H,4-6,8-9,11-15,17,19-20,25-26,31-33,35,37-38,41-43,45,47-49,51,53-71H2,1-3H3/b10-7-,18-16-,23-21-,24-22-,29-27-,30-28-,36-34-,40-39-,46-44-,52-50-. The third-order valence-corrected chi connectivity index (χ3v) is 14.5. The maximum atomic E-state index is 12.9. The van der Waals surface area contributed by atoms with Gasteiger partial charge in [-0.05, 0) is 116 Å². The summed E-state index contributed by atoms with van der Waals surface area (Å²) >= 11 is 0. The van der Waals surface area contributed by atoms with Crippen molar-refractivity contribution < 1.29 is 28.6 Å². The number of hydrogen-bond donors (Lipinski definition) is 0. The lowest BCUT2D eigenvalue weighted by Crippen LogP contribution is -2.30. The SMILES string of the molecule is CC/C=C\C/C=C\C/C=C\C/C=C\C/C=C\C/C=C\C/C=C\C/C=C\CCCCCCC(=O)OCC(COC(=O)CCCCCCCCC)OC(=O)CCCCCCCCCCCCCCCCC/C=C\C/C=C\CCCCCCC. The average molecular weight is 1120 g/mol. The minimum absolute atomic E-state index is 0.0862. The van der Waals surface area contributed by atoms with E-state index in [0.717, 1.165) is 128 Å². The number of hydrogen-bond acceptors (Lipinski definition) is 6. The fraction of sp³-hybridized carbons (Fsp3) is 0.693. The van der Waals surface area contributed by atoms with E-state index in [1.807, 2.05) is 0 Å². The molecule has 1 atom stereocenters. The third kappa shape index (κ3) is 66.5. The van der Waals surface area contributed by atoms with Gasteiger partial charge in [0.2, 0.25) is 0 Å². The van der Waals surface area contributed by atoms with Gasteiger partial charge >= 0.3 is 17.9 Å². The molecule has 6 heteroatoms. The number of esters is 3. The minimum Gasteiger partial charge on any atom is -0.462 e. The van der Waals surface area contributed by atoms with E-state index in [2.05, 4.69) is 142 Å². The van der Waals surface area contributed by atoms with Crippen molar-refractivity contribution in [2.24, 2.45) is 0 Å². The predicted octanol–water partition coefficient (Wildman–Crippen LogP) is 23.6. The lowest BCUT2D eigenvalue weighted by atomic mass is 10.0. The van der Waals surface area contributed by atoms with Crippen molar-refractivity contribution in [3.05, 3.63) is 122 Å². The Kier molecular flexibility index (Phi) is 64.8. The first kappa shape index (κ1) is 76.8. The van der Waals surface area contributed by atoms with Gasteiger partial charge in [0, 0.05) is 19.3 Å². The number of rotatable bonds is 61. The summed E-state index contributed by atoms with van der Waals surface area (Å²) < 4.78 is 16.8. The van der Waals surface area contributed by atoms with Crippen LogP contribution in [0.4, 0.5) is 0 Å². The molecule has 0 amide bonds. The van der Waals surface area contributed by atoms with Crippen LogP contribution in [0.2, 0.25) is 0 Å². The van der Waals surface area contributed by atoms with Crippen molar-refractivity contribution in [3.8, 4) is 0 Å². The van der Waals surface area contributed by atoms with Gasteiger partial charge in [0.1, 0.15) is 13.2 Å². The van der Waals surface area contributed by atoms with Gasteiger partial charge in [0.25, 0.3) is 0 Å². The summed E-state index contributed by atoms with van der Waals surface area (Å²) in [5, 5.41) is 0. The van der Waals surface area contributed by atoms with Gasteiger partial charge in [-0.15, -0.1) is 0 Å².